The molecule has 0 atom stereocenters. The molecule has 1 aromatic heterocycles. The van der Waals surface area contributed by atoms with Crippen molar-refractivity contribution in [2.45, 2.75) is 38.5 Å². The number of nitrogens with zero attached hydrogens (tertiary/aromatic N) is 3. The van der Waals surface area contributed by atoms with Crippen LogP contribution in [-0.2, 0) is 16.0 Å². The summed E-state index contributed by atoms with van der Waals surface area (Å²) in [6, 6.07) is 8.33. The molecule has 8 heteroatoms. The Bertz CT molecular complexity index is 669. The first-order chi connectivity index (χ1) is 12.6. The van der Waals surface area contributed by atoms with Crippen LogP contribution in [0.5, 0.6) is 0 Å². The fourth-order valence-corrected chi connectivity index (χ4v) is 3.00. The summed E-state index contributed by atoms with van der Waals surface area (Å²) in [4.78, 5) is 13.3. The third kappa shape index (κ3) is 6.78. The van der Waals surface area contributed by atoms with Crippen molar-refractivity contribution in [1.82, 2.24) is 20.3 Å². The zero-order valence-electron chi connectivity index (χ0n) is 15.5. The van der Waals surface area contributed by atoms with Gasteiger partial charge in [-0.15, -0.1) is 16.9 Å². The Labute approximate surface area is 158 Å². The monoisotopic (exact) mass is 378 g/mol. The van der Waals surface area contributed by atoms with E-state index in [0.717, 1.165) is 5.75 Å². The standard InChI is InChI=1S/C18H26N4O3S/c1-4-24-17(25-5-2)13-22-12-16(20-21-22)18(23)19-10-11-26-15-8-6-14(3)7-9-15/h6-9,12,17H,4-5,10-11,13H2,1-3H3,(H,19,23). The normalized spacial score (nSPS) is 11.1. The van der Waals surface area contributed by atoms with Gasteiger partial charge in [0.15, 0.2) is 12.0 Å². The largest absolute Gasteiger partial charge is 0.351 e. The van der Waals surface area contributed by atoms with Gasteiger partial charge in [-0.25, -0.2) is 4.68 Å². The van der Waals surface area contributed by atoms with Crippen LogP contribution < -0.4 is 5.32 Å². The van der Waals surface area contributed by atoms with E-state index in [1.807, 2.05) is 13.8 Å². The van der Waals surface area contributed by atoms with Crippen LogP contribution in [0, 0.1) is 6.92 Å². The lowest BCUT2D eigenvalue weighted by Crippen LogP contribution is -2.26. The molecule has 1 N–H and O–H groups in total. The van der Waals surface area contributed by atoms with Crippen molar-refractivity contribution in [3.63, 3.8) is 0 Å². The predicted molar refractivity (Wildman–Crippen MR) is 101 cm³/mol. The smallest absolute Gasteiger partial charge is 0.273 e. The Balaban J connectivity index is 1.75. The molecule has 0 saturated heterocycles. The molecular formula is C18H26N4O3S. The zero-order chi connectivity index (χ0) is 18.8. The maximum absolute atomic E-state index is 12.2. The number of thioether (sulfide) groups is 1. The SMILES string of the molecule is CCOC(Cn1cc(C(=O)NCCSc2ccc(C)cc2)nn1)OCC. The first-order valence-electron chi connectivity index (χ1n) is 8.73. The molecule has 0 aliphatic carbocycles. The van der Waals surface area contributed by atoms with Gasteiger partial charge in [0.1, 0.15) is 0 Å². The van der Waals surface area contributed by atoms with E-state index >= 15 is 0 Å². The van der Waals surface area contributed by atoms with Crippen LogP contribution in [-0.4, -0.2) is 52.7 Å². The third-order valence-electron chi connectivity index (χ3n) is 3.49. The van der Waals surface area contributed by atoms with Crippen molar-refractivity contribution in [3.8, 4) is 0 Å². The molecule has 0 fully saturated rings. The summed E-state index contributed by atoms with van der Waals surface area (Å²) in [5, 5.41) is 10.7. The Morgan fingerprint density at radius 2 is 1.92 bits per heavy atom. The molecule has 1 heterocycles. The third-order valence-corrected chi connectivity index (χ3v) is 4.50. The first-order valence-corrected chi connectivity index (χ1v) is 9.72. The average molecular weight is 378 g/mol. The number of ether oxygens (including phenoxy) is 2. The summed E-state index contributed by atoms with van der Waals surface area (Å²) in [7, 11) is 0. The van der Waals surface area contributed by atoms with Gasteiger partial charge in [-0.2, -0.15) is 0 Å². The lowest BCUT2D eigenvalue weighted by molar-refractivity contribution is -0.145. The van der Waals surface area contributed by atoms with Crippen LogP contribution in [0.25, 0.3) is 0 Å². The Morgan fingerprint density at radius 1 is 1.23 bits per heavy atom. The van der Waals surface area contributed by atoms with Gasteiger partial charge in [-0.05, 0) is 32.9 Å². The van der Waals surface area contributed by atoms with Gasteiger partial charge in [0.25, 0.3) is 5.91 Å². The molecular weight excluding hydrogens is 352 g/mol. The van der Waals surface area contributed by atoms with Crippen molar-refractivity contribution in [2.75, 3.05) is 25.5 Å². The van der Waals surface area contributed by atoms with Crippen LogP contribution in [0.1, 0.15) is 29.9 Å². The van der Waals surface area contributed by atoms with E-state index in [4.69, 9.17) is 9.47 Å². The van der Waals surface area contributed by atoms with E-state index in [-0.39, 0.29) is 11.6 Å². The van der Waals surface area contributed by atoms with Gasteiger partial charge in [-0.3, -0.25) is 4.79 Å². The summed E-state index contributed by atoms with van der Waals surface area (Å²) in [5.74, 6) is 0.560. The highest BCUT2D eigenvalue weighted by Crippen LogP contribution is 2.17. The van der Waals surface area contributed by atoms with E-state index in [2.05, 4.69) is 46.8 Å². The summed E-state index contributed by atoms with van der Waals surface area (Å²) in [5.41, 5.74) is 1.53. The Hall–Kier alpha value is -1.90. The van der Waals surface area contributed by atoms with Crippen molar-refractivity contribution in [1.29, 1.82) is 0 Å². The zero-order valence-corrected chi connectivity index (χ0v) is 16.3. The molecule has 0 saturated carbocycles. The topological polar surface area (TPSA) is 78.3 Å². The van der Waals surface area contributed by atoms with Crippen LogP contribution in [0.2, 0.25) is 0 Å². The fraction of sp³-hybridized carbons (Fsp3) is 0.500. The van der Waals surface area contributed by atoms with Gasteiger partial charge in [-0.1, -0.05) is 22.9 Å². The van der Waals surface area contributed by atoms with Gasteiger partial charge < -0.3 is 14.8 Å². The van der Waals surface area contributed by atoms with Gasteiger partial charge >= 0.3 is 0 Å². The Morgan fingerprint density at radius 3 is 2.58 bits per heavy atom. The van der Waals surface area contributed by atoms with E-state index in [1.165, 1.54) is 10.5 Å². The lowest BCUT2D eigenvalue weighted by atomic mass is 10.2. The van der Waals surface area contributed by atoms with Crippen LogP contribution >= 0.6 is 11.8 Å². The van der Waals surface area contributed by atoms with Crippen molar-refractivity contribution >= 4 is 17.7 Å². The van der Waals surface area contributed by atoms with Crippen LogP contribution in [0.3, 0.4) is 0 Å². The van der Waals surface area contributed by atoms with E-state index in [0.29, 0.717) is 26.3 Å². The molecule has 0 radical (unpaired) electrons. The number of carbonyl (C=O) groups excluding carboxylic acids is 1. The number of amides is 1. The predicted octanol–water partition coefficient (Wildman–Crippen LogP) is 2.51. The quantitative estimate of drug-likeness (QED) is 0.368. The summed E-state index contributed by atoms with van der Waals surface area (Å²) >= 11 is 1.70. The second-order valence-corrected chi connectivity index (χ2v) is 6.75. The number of hydrogen-bond acceptors (Lipinski definition) is 6. The van der Waals surface area contributed by atoms with Gasteiger partial charge in [0.05, 0.1) is 12.7 Å². The fourth-order valence-electron chi connectivity index (χ4n) is 2.23. The van der Waals surface area contributed by atoms with E-state index in [9.17, 15) is 4.79 Å². The molecule has 0 unspecified atom stereocenters. The molecule has 142 valence electrons. The first kappa shape index (κ1) is 20.4. The van der Waals surface area contributed by atoms with Crippen molar-refractivity contribution in [3.05, 3.63) is 41.7 Å². The molecule has 0 aliphatic heterocycles. The summed E-state index contributed by atoms with van der Waals surface area (Å²) < 4.78 is 12.5. The molecule has 1 amide bonds. The van der Waals surface area contributed by atoms with E-state index in [1.54, 1.807) is 22.6 Å². The molecule has 26 heavy (non-hydrogen) atoms. The average Bonchev–Trinajstić information content (AvgIpc) is 3.09. The number of rotatable bonds is 11. The van der Waals surface area contributed by atoms with Crippen molar-refractivity contribution in [2.24, 2.45) is 0 Å². The number of aromatic nitrogens is 3. The summed E-state index contributed by atoms with van der Waals surface area (Å²) in [6.45, 7) is 7.92. The lowest BCUT2D eigenvalue weighted by Gasteiger charge is -2.16. The number of hydrogen-bond donors (Lipinski definition) is 1. The minimum Gasteiger partial charge on any atom is -0.351 e. The molecule has 0 spiro atoms. The van der Waals surface area contributed by atoms with Gasteiger partial charge in [0.2, 0.25) is 0 Å². The molecule has 0 aliphatic rings. The maximum Gasteiger partial charge on any atom is 0.273 e. The summed E-state index contributed by atoms with van der Waals surface area (Å²) in [6.07, 6.45) is 1.21. The minimum atomic E-state index is -0.395. The number of benzene rings is 1. The highest BCUT2D eigenvalue weighted by atomic mass is 32.2. The highest BCUT2D eigenvalue weighted by Gasteiger charge is 2.14. The second kappa shape index (κ2) is 10.9. The number of carbonyl (C=O) groups is 1. The second-order valence-electron chi connectivity index (χ2n) is 5.58. The molecule has 2 rings (SSSR count). The van der Waals surface area contributed by atoms with Gasteiger partial charge in [0, 0.05) is 30.4 Å². The molecule has 1 aromatic carbocycles. The highest BCUT2D eigenvalue weighted by molar-refractivity contribution is 7.99. The maximum atomic E-state index is 12.2. The van der Waals surface area contributed by atoms with Crippen molar-refractivity contribution < 1.29 is 14.3 Å². The number of aryl methyl sites for hydroxylation is 1. The minimum absolute atomic E-state index is 0.231. The number of nitrogens with one attached hydrogen (secondary N) is 1. The van der Waals surface area contributed by atoms with Crippen LogP contribution in [0.4, 0.5) is 0 Å². The van der Waals surface area contributed by atoms with Crippen LogP contribution in [0.15, 0.2) is 35.4 Å². The van der Waals surface area contributed by atoms with E-state index < -0.39 is 6.29 Å². The Kier molecular flexibility index (Phi) is 8.60. The molecule has 0 bridgehead atoms. The molecule has 7 nitrogen and oxygen atoms in total. The molecule has 2 aromatic rings.